The number of Topliss-reactive ketones (excluding diaryl/α,β-unsaturated/α-hetero) is 1. The van der Waals surface area contributed by atoms with Crippen molar-refractivity contribution in [3.63, 3.8) is 0 Å². The third-order valence-corrected chi connectivity index (χ3v) is 24.7. The fourth-order valence-corrected chi connectivity index (χ4v) is 20.4. The van der Waals surface area contributed by atoms with E-state index in [4.69, 9.17) is 23.1 Å². The summed E-state index contributed by atoms with van der Waals surface area (Å²) in [6, 6.07) is 20.7. The van der Waals surface area contributed by atoms with Gasteiger partial charge in [0.15, 0.2) is 5.78 Å². The van der Waals surface area contributed by atoms with Crippen molar-refractivity contribution in [2.75, 3.05) is 13.7 Å². The molecule has 2 aromatic carbocycles. The number of carbonyl (C=O) groups is 2. The molecule has 57 heavy (non-hydrogen) atoms. The minimum atomic E-state index is -2.95. The molecule has 0 unspecified atom stereocenters. The van der Waals surface area contributed by atoms with E-state index >= 15 is 0 Å². The molecule has 2 N–H and O–H groups in total. The average molecular weight is 827 g/mol. The van der Waals surface area contributed by atoms with E-state index in [9.17, 15) is 19.8 Å². The Balaban J connectivity index is 1.65. The van der Waals surface area contributed by atoms with Gasteiger partial charge in [-0.2, -0.15) is 0 Å². The number of methoxy groups -OCH3 is 1. The van der Waals surface area contributed by atoms with Crippen molar-refractivity contribution in [3.05, 3.63) is 60.7 Å². The highest BCUT2D eigenvalue weighted by Gasteiger charge is 2.57. The van der Waals surface area contributed by atoms with Crippen molar-refractivity contribution >= 4 is 38.8 Å². The van der Waals surface area contributed by atoms with Crippen LogP contribution in [0, 0.1) is 17.3 Å². The maximum atomic E-state index is 14.3. The van der Waals surface area contributed by atoms with E-state index in [1.807, 2.05) is 64.1 Å². The molecule has 2 aromatic rings. The van der Waals surface area contributed by atoms with Crippen molar-refractivity contribution in [1.82, 2.24) is 0 Å². The number of aliphatic hydroxyl groups is 1. The maximum Gasteiger partial charge on any atom is 0.305 e. The van der Waals surface area contributed by atoms with Gasteiger partial charge in [0.1, 0.15) is 0 Å². The highest BCUT2D eigenvalue weighted by Crippen LogP contribution is 2.48. The van der Waals surface area contributed by atoms with Gasteiger partial charge in [0.05, 0.1) is 43.5 Å². The topological polar surface area (TPSA) is 121 Å². The van der Waals surface area contributed by atoms with E-state index in [2.05, 4.69) is 86.6 Å². The predicted octanol–water partition coefficient (Wildman–Crippen LogP) is 8.51. The Kier molecular flexibility index (Phi) is 15.5. The van der Waals surface area contributed by atoms with Crippen molar-refractivity contribution < 1.29 is 42.9 Å². The lowest BCUT2D eigenvalue weighted by atomic mass is 9.73. The third-order valence-electron chi connectivity index (χ3n) is 13.6. The minimum Gasteiger partial charge on any atom is -0.481 e. The Morgan fingerprint density at radius 3 is 1.82 bits per heavy atom. The van der Waals surface area contributed by atoms with Gasteiger partial charge in [-0.05, 0) is 44.9 Å². The number of hydrogen-bond acceptors (Lipinski definition) is 8. The van der Waals surface area contributed by atoms with E-state index in [1.165, 1.54) is 7.11 Å². The van der Waals surface area contributed by atoms with Crippen LogP contribution in [0.25, 0.3) is 0 Å². The zero-order valence-corrected chi connectivity index (χ0v) is 39.3. The second kappa shape index (κ2) is 18.6. The van der Waals surface area contributed by atoms with Crippen LogP contribution in [0.1, 0.15) is 116 Å². The summed E-state index contributed by atoms with van der Waals surface area (Å²) >= 11 is 0. The molecule has 0 aromatic heterocycles. The van der Waals surface area contributed by atoms with Crippen LogP contribution in [0.4, 0.5) is 0 Å². The summed E-state index contributed by atoms with van der Waals surface area (Å²) in [7, 11) is -3.81. The molecule has 0 amide bonds. The van der Waals surface area contributed by atoms with Crippen molar-refractivity contribution in [1.29, 1.82) is 0 Å². The molecule has 9 nitrogen and oxygen atoms in total. The molecule has 11 heteroatoms. The number of carbonyl (C=O) groups excluding carboxylic acids is 1. The van der Waals surface area contributed by atoms with Gasteiger partial charge in [-0.15, -0.1) is 0 Å². The number of ketones is 1. The van der Waals surface area contributed by atoms with Crippen LogP contribution >= 0.6 is 0 Å². The SMILES string of the molecule is CO[C@]1(C[C@@H]2C[C@H](O[Si](C(C)C)(C(C)C)C(C)C)[C@@H](C)[C@H](CC(=O)O)O2)O[C@@H](C(C)(C)[C@H](O)CO[Si](c2ccccc2)(c2ccccc2)C(C)(C)C)C[C@@H](C)C1=O. The van der Waals surface area contributed by atoms with Crippen molar-refractivity contribution in [2.45, 2.75) is 174 Å². The molecule has 2 fully saturated rings. The molecule has 8 atom stereocenters. The number of carboxylic acid groups (broad SMARTS) is 1. The van der Waals surface area contributed by atoms with Gasteiger partial charge in [-0.25, -0.2) is 0 Å². The van der Waals surface area contributed by atoms with Crippen LogP contribution in [0.5, 0.6) is 0 Å². The van der Waals surface area contributed by atoms with E-state index < -0.39 is 64.1 Å². The Labute approximate surface area is 345 Å². The van der Waals surface area contributed by atoms with Gasteiger partial charge >= 0.3 is 5.97 Å². The third kappa shape index (κ3) is 9.56. The number of aliphatic hydroxyl groups excluding tert-OH is 1. The van der Waals surface area contributed by atoms with Crippen molar-refractivity contribution in [2.24, 2.45) is 17.3 Å². The Morgan fingerprint density at radius 2 is 1.39 bits per heavy atom. The van der Waals surface area contributed by atoms with Crippen LogP contribution in [0.15, 0.2) is 60.7 Å². The number of hydrogen-bond donors (Lipinski definition) is 2. The summed E-state index contributed by atoms with van der Waals surface area (Å²) in [5.74, 6) is -3.38. The first kappa shape index (κ1) is 47.5. The first-order valence-corrected chi connectivity index (χ1v) is 25.3. The molecule has 0 spiro atoms. The fourth-order valence-electron chi connectivity index (χ4n) is 10.2. The van der Waals surface area contributed by atoms with E-state index in [1.54, 1.807) is 0 Å². The molecule has 2 aliphatic heterocycles. The van der Waals surface area contributed by atoms with Gasteiger partial charge in [-0.3, -0.25) is 9.59 Å². The highest BCUT2D eigenvalue weighted by atomic mass is 28.4. The van der Waals surface area contributed by atoms with Gasteiger partial charge in [0.25, 0.3) is 8.32 Å². The highest BCUT2D eigenvalue weighted by molar-refractivity contribution is 6.99. The first-order chi connectivity index (χ1) is 26.5. The lowest BCUT2D eigenvalue weighted by molar-refractivity contribution is -0.291. The summed E-state index contributed by atoms with van der Waals surface area (Å²) in [5.41, 5.74) is 0.163. The van der Waals surface area contributed by atoms with Crippen LogP contribution in [-0.4, -0.2) is 88.6 Å². The summed E-state index contributed by atoms with van der Waals surface area (Å²) in [6.45, 7) is 28.0. The molecule has 0 radical (unpaired) electrons. The second-order valence-electron chi connectivity index (χ2n) is 19.5. The Morgan fingerprint density at radius 1 is 0.877 bits per heavy atom. The largest absolute Gasteiger partial charge is 0.481 e. The zero-order valence-electron chi connectivity index (χ0n) is 37.3. The molecule has 0 aliphatic carbocycles. The Hall–Kier alpha value is -2.23. The molecular formula is C46H74O9Si2. The van der Waals surface area contributed by atoms with Gasteiger partial charge in [0, 0.05) is 30.8 Å². The molecule has 4 rings (SSSR count). The number of benzene rings is 2. The quantitative estimate of drug-likeness (QED) is 0.151. The molecule has 0 bridgehead atoms. The second-order valence-corrected chi connectivity index (χ2v) is 29.3. The standard InChI is InChI=1S/C46H74O9Si2/c1-30(2)56(31(3)4,32(5)6)55-39-26-35(53-38(34(39)8)27-42(48)49)28-46(51-14)43(50)33(7)25-41(54-46)45(12,13)40(47)29-52-57(44(9,10)11,36-21-17-15-18-22-36)37-23-19-16-20-24-37/h15-24,30-35,38-41,47H,25-29H2,1-14H3,(H,48,49)/t33-,34+,35+,38+,39+,40-,41-,46-/m1/s1. The normalized spacial score (nSPS) is 27.3. The smallest absolute Gasteiger partial charge is 0.305 e. The molecule has 0 saturated carbocycles. The molecule has 2 aliphatic rings. The number of aliphatic carboxylic acids is 1. The predicted molar refractivity (Wildman–Crippen MR) is 232 cm³/mol. The lowest BCUT2D eigenvalue weighted by Gasteiger charge is -2.52. The lowest BCUT2D eigenvalue weighted by Crippen LogP contribution is -2.67. The van der Waals surface area contributed by atoms with E-state index in [0.717, 1.165) is 10.4 Å². The fraction of sp³-hybridized carbons (Fsp3) is 0.696. The van der Waals surface area contributed by atoms with Crippen molar-refractivity contribution in [3.8, 4) is 0 Å². The Bertz CT molecular complexity index is 1550. The monoisotopic (exact) mass is 826 g/mol. The summed E-state index contributed by atoms with van der Waals surface area (Å²) in [4.78, 5) is 26.4. The average Bonchev–Trinajstić information content (AvgIpc) is 3.13. The summed E-state index contributed by atoms with van der Waals surface area (Å²) in [5, 5.41) is 24.1. The maximum absolute atomic E-state index is 14.3. The van der Waals surface area contributed by atoms with E-state index in [-0.39, 0.29) is 42.3 Å². The summed E-state index contributed by atoms with van der Waals surface area (Å²) in [6.07, 6.45) is -2.17. The van der Waals surface area contributed by atoms with Gasteiger partial charge in [0.2, 0.25) is 14.1 Å². The van der Waals surface area contributed by atoms with Crippen LogP contribution in [0.3, 0.4) is 0 Å². The van der Waals surface area contributed by atoms with Crippen LogP contribution in [0.2, 0.25) is 21.7 Å². The molecular weight excluding hydrogens is 753 g/mol. The number of rotatable bonds is 17. The summed E-state index contributed by atoms with van der Waals surface area (Å²) < 4.78 is 34.1. The van der Waals surface area contributed by atoms with E-state index in [0.29, 0.717) is 29.5 Å². The molecule has 2 saturated heterocycles. The minimum absolute atomic E-state index is 0.0646. The van der Waals surface area contributed by atoms with Gasteiger partial charge in [-0.1, -0.05) is 151 Å². The molecule has 320 valence electrons. The van der Waals surface area contributed by atoms with Gasteiger partial charge < -0.3 is 33.3 Å². The number of ether oxygens (including phenoxy) is 3. The molecule has 2 heterocycles. The van der Waals surface area contributed by atoms with Crippen LogP contribution in [-0.2, 0) is 32.7 Å². The first-order valence-electron chi connectivity index (χ1n) is 21.3. The zero-order chi connectivity index (χ0) is 42.7. The number of carboxylic acids is 1. The van der Waals surface area contributed by atoms with Crippen LogP contribution < -0.4 is 10.4 Å².